The quantitative estimate of drug-likeness (QED) is 0.751. The van der Waals surface area contributed by atoms with Crippen LogP contribution >= 0.6 is 0 Å². The predicted octanol–water partition coefficient (Wildman–Crippen LogP) is 2.75. The molecule has 1 atom stereocenters. The van der Waals surface area contributed by atoms with Crippen LogP contribution in [0.25, 0.3) is 0 Å². The highest BCUT2D eigenvalue weighted by Gasteiger charge is 2.41. The van der Waals surface area contributed by atoms with Crippen LogP contribution in [-0.2, 0) is 14.3 Å². The van der Waals surface area contributed by atoms with Gasteiger partial charge in [0.25, 0.3) is 0 Å². The first-order valence-corrected chi connectivity index (χ1v) is 8.69. The molecule has 0 aromatic heterocycles. The van der Waals surface area contributed by atoms with Crippen molar-refractivity contribution in [2.24, 2.45) is 5.92 Å². The Bertz CT molecular complexity index is 357. The number of carbonyl (C=O) groups excluding carboxylic acids is 1. The van der Waals surface area contributed by atoms with Gasteiger partial charge in [-0.2, -0.15) is 0 Å². The molecule has 2 heterocycles. The van der Waals surface area contributed by atoms with E-state index in [1.54, 1.807) is 0 Å². The van der Waals surface area contributed by atoms with Gasteiger partial charge < -0.3 is 14.4 Å². The van der Waals surface area contributed by atoms with Crippen LogP contribution in [0.2, 0.25) is 0 Å². The van der Waals surface area contributed by atoms with Crippen molar-refractivity contribution >= 4 is 5.97 Å². The molecule has 1 aliphatic carbocycles. The van der Waals surface area contributed by atoms with Crippen LogP contribution in [0.15, 0.2) is 0 Å². The van der Waals surface area contributed by atoms with Crippen LogP contribution in [0, 0.1) is 5.92 Å². The Balaban J connectivity index is 1.43. The van der Waals surface area contributed by atoms with E-state index in [-0.39, 0.29) is 17.5 Å². The lowest BCUT2D eigenvalue weighted by atomic mass is 9.83. The minimum Gasteiger partial charge on any atom is -0.469 e. The third-order valence-corrected chi connectivity index (χ3v) is 5.69. The molecule has 2 saturated heterocycles. The Kier molecular flexibility index (Phi) is 4.85. The fraction of sp³-hybridized carbons (Fsp3) is 0.941. The number of hydrogen-bond donors (Lipinski definition) is 0. The first-order chi connectivity index (χ1) is 10.2. The van der Waals surface area contributed by atoms with Gasteiger partial charge in [-0.15, -0.1) is 0 Å². The van der Waals surface area contributed by atoms with E-state index >= 15 is 0 Å². The van der Waals surface area contributed by atoms with E-state index in [9.17, 15) is 4.79 Å². The number of piperidine rings is 1. The Morgan fingerprint density at radius 1 is 1.14 bits per heavy atom. The number of ether oxygens (including phenoxy) is 2. The Morgan fingerprint density at radius 2 is 1.86 bits per heavy atom. The molecular weight excluding hydrogens is 266 g/mol. The Hall–Kier alpha value is -0.610. The molecule has 3 aliphatic rings. The summed E-state index contributed by atoms with van der Waals surface area (Å²) in [5.74, 6) is 0.0772. The van der Waals surface area contributed by atoms with Crippen LogP contribution in [0.1, 0.15) is 57.8 Å². The maximum atomic E-state index is 11.6. The highest BCUT2D eigenvalue weighted by Crippen LogP contribution is 2.42. The molecule has 0 N–H and O–H groups in total. The standard InChI is InChI=1S/C17H29NO3/c1-20-16(19)14-6-11-18(12-7-14)13-15-5-10-17(21-15)8-3-2-4-9-17/h14-15H,2-13H2,1H3. The molecule has 4 heteroatoms. The van der Waals surface area contributed by atoms with Gasteiger partial charge in [0, 0.05) is 6.54 Å². The lowest BCUT2D eigenvalue weighted by Crippen LogP contribution is -2.41. The lowest BCUT2D eigenvalue weighted by molar-refractivity contribution is -0.147. The highest BCUT2D eigenvalue weighted by atomic mass is 16.5. The normalized spacial score (nSPS) is 30.6. The number of hydrogen-bond acceptors (Lipinski definition) is 4. The van der Waals surface area contributed by atoms with Crippen molar-refractivity contribution in [2.45, 2.75) is 69.5 Å². The molecular formula is C17H29NO3. The molecule has 2 aliphatic heterocycles. The molecule has 1 spiro atoms. The molecule has 1 saturated carbocycles. The van der Waals surface area contributed by atoms with Crippen LogP contribution < -0.4 is 0 Å². The first kappa shape index (κ1) is 15.3. The summed E-state index contributed by atoms with van der Waals surface area (Å²) in [5, 5.41) is 0. The Labute approximate surface area is 128 Å². The van der Waals surface area contributed by atoms with Crippen molar-refractivity contribution in [3.05, 3.63) is 0 Å². The van der Waals surface area contributed by atoms with Crippen molar-refractivity contribution in [1.29, 1.82) is 0 Å². The zero-order valence-electron chi connectivity index (χ0n) is 13.3. The molecule has 120 valence electrons. The van der Waals surface area contributed by atoms with Crippen molar-refractivity contribution in [3.8, 4) is 0 Å². The molecule has 21 heavy (non-hydrogen) atoms. The summed E-state index contributed by atoms with van der Waals surface area (Å²) in [5.41, 5.74) is 0.229. The topological polar surface area (TPSA) is 38.8 Å². The monoisotopic (exact) mass is 295 g/mol. The average Bonchev–Trinajstić information content (AvgIpc) is 2.90. The van der Waals surface area contributed by atoms with Gasteiger partial charge in [-0.3, -0.25) is 4.79 Å². The molecule has 4 nitrogen and oxygen atoms in total. The second-order valence-electron chi connectivity index (χ2n) is 7.12. The first-order valence-electron chi connectivity index (χ1n) is 8.69. The van der Waals surface area contributed by atoms with Crippen LogP contribution in [-0.4, -0.2) is 49.3 Å². The smallest absolute Gasteiger partial charge is 0.308 e. The van der Waals surface area contributed by atoms with E-state index in [0.29, 0.717) is 6.10 Å². The maximum Gasteiger partial charge on any atom is 0.308 e. The fourth-order valence-electron chi connectivity index (χ4n) is 4.39. The Morgan fingerprint density at radius 3 is 2.52 bits per heavy atom. The molecule has 1 unspecified atom stereocenters. The summed E-state index contributed by atoms with van der Waals surface area (Å²) in [7, 11) is 1.49. The number of likely N-dealkylation sites (tertiary alicyclic amines) is 1. The van der Waals surface area contributed by atoms with Gasteiger partial charge in [0.15, 0.2) is 0 Å². The van der Waals surface area contributed by atoms with Crippen molar-refractivity contribution in [3.63, 3.8) is 0 Å². The highest BCUT2D eigenvalue weighted by molar-refractivity contribution is 5.72. The number of carbonyl (C=O) groups is 1. The van der Waals surface area contributed by atoms with E-state index < -0.39 is 0 Å². The van der Waals surface area contributed by atoms with Gasteiger partial charge in [-0.25, -0.2) is 0 Å². The molecule has 3 fully saturated rings. The summed E-state index contributed by atoms with van der Waals surface area (Å²) in [6, 6.07) is 0. The lowest BCUT2D eigenvalue weighted by Gasteiger charge is -2.35. The van der Waals surface area contributed by atoms with E-state index in [4.69, 9.17) is 9.47 Å². The SMILES string of the molecule is COC(=O)C1CCN(CC2CCC3(CCCCC3)O2)CC1. The number of nitrogens with zero attached hydrogens (tertiary/aromatic N) is 1. The number of esters is 1. The van der Waals surface area contributed by atoms with E-state index in [1.807, 2.05) is 0 Å². The minimum absolute atomic E-state index is 0.0343. The summed E-state index contributed by atoms with van der Waals surface area (Å²) in [4.78, 5) is 14.0. The fourth-order valence-corrected chi connectivity index (χ4v) is 4.39. The van der Waals surface area contributed by atoms with Crippen LogP contribution in [0.3, 0.4) is 0 Å². The second-order valence-corrected chi connectivity index (χ2v) is 7.12. The van der Waals surface area contributed by atoms with Gasteiger partial charge in [-0.05, 0) is 51.6 Å². The molecule has 3 rings (SSSR count). The van der Waals surface area contributed by atoms with E-state index in [1.165, 1.54) is 52.1 Å². The van der Waals surface area contributed by atoms with Gasteiger partial charge >= 0.3 is 5.97 Å². The van der Waals surface area contributed by atoms with E-state index in [2.05, 4.69) is 4.90 Å². The summed E-state index contributed by atoms with van der Waals surface area (Å²) in [6.45, 7) is 3.06. The van der Waals surface area contributed by atoms with Crippen LogP contribution in [0.4, 0.5) is 0 Å². The molecule has 0 aromatic rings. The summed E-state index contributed by atoms with van der Waals surface area (Å²) >= 11 is 0. The predicted molar refractivity (Wildman–Crippen MR) is 81.1 cm³/mol. The number of methoxy groups -OCH3 is 1. The van der Waals surface area contributed by atoms with Gasteiger partial charge in [0.2, 0.25) is 0 Å². The third-order valence-electron chi connectivity index (χ3n) is 5.69. The van der Waals surface area contributed by atoms with E-state index in [0.717, 1.165) is 32.5 Å². The average molecular weight is 295 g/mol. The van der Waals surface area contributed by atoms with Crippen molar-refractivity contribution in [1.82, 2.24) is 4.90 Å². The molecule has 0 amide bonds. The molecule has 0 aromatic carbocycles. The zero-order valence-corrected chi connectivity index (χ0v) is 13.3. The van der Waals surface area contributed by atoms with Gasteiger partial charge in [0.1, 0.15) is 0 Å². The maximum absolute atomic E-state index is 11.6. The molecule has 0 bridgehead atoms. The minimum atomic E-state index is -0.0343. The summed E-state index contributed by atoms with van der Waals surface area (Å²) < 4.78 is 11.3. The van der Waals surface area contributed by atoms with Crippen molar-refractivity contribution < 1.29 is 14.3 Å². The van der Waals surface area contributed by atoms with Gasteiger partial charge in [-0.1, -0.05) is 19.3 Å². The second kappa shape index (κ2) is 6.66. The molecule has 0 radical (unpaired) electrons. The van der Waals surface area contributed by atoms with Crippen LogP contribution in [0.5, 0.6) is 0 Å². The third kappa shape index (κ3) is 3.59. The largest absolute Gasteiger partial charge is 0.469 e. The van der Waals surface area contributed by atoms with Crippen molar-refractivity contribution in [2.75, 3.05) is 26.7 Å². The summed E-state index contributed by atoms with van der Waals surface area (Å²) in [6.07, 6.45) is 11.4. The number of rotatable bonds is 3. The van der Waals surface area contributed by atoms with Gasteiger partial charge in [0.05, 0.1) is 24.7 Å². The zero-order chi connectivity index (χ0) is 14.7.